The van der Waals surface area contributed by atoms with Gasteiger partial charge in [0.15, 0.2) is 0 Å². The van der Waals surface area contributed by atoms with Crippen LogP contribution >= 0.6 is 0 Å². The summed E-state index contributed by atoms with van der Waals surface area (Å²) in [6, 6.07) is 8.79. The Labute approximate surface area is 129 Å². The second kappa shape index (κ2) is 7.28. The summed E-state index contributed by atoms with van der Waals surface area (Å²) in [4.78, 5) is 2.46. The van der Waals surface area contributed by atoms with Gasteiger partial charge in [0.05, 0.1) is 0 Å². The van der Waals surface area contributed by atoms with E-state index in [4.69, 9.17) is 10.5 Å². The molecule has 0 radical (unpaired) electrons. The normalized spacial score (nSPS) is 18.9. The van der Waals surface area contributed by atoms with Crippen molar-refractivity contribution in [2.75, 3.05) is 20.2 Å². The summed E-state index contributed by atoms with van der Waals surface area (Å²) in [5, 5.41) is 0. The third-order valence-electron chi connectivity index (χ3n) is 4.80. The van der Waals surface area contributed by atoms with Gasteiger partial charge in [0, 0.05) is 19.1 Å². The minimum absolute atomic E-state index is 0.540. The van der Waals surface area contributed by atoms with E-state index in [0.717, 1.165) is 30.5 Å². The van der Waals surface area contributed by atoms with Crippen molar-refractivity contribution < 1.29 is 4.74 Å². The number of hydrogen-bond acceptors (Lipinski definition) is 3. The Kier molecular flexibility index (Phi) is 5.65. The van der Waals surface area contributed by atoms with Gasteiger partial charge in [-0.15, -0.1) is 0 Å². The fourth-order valence-electron chi connectivity index (χ4n) is 3.04. The van der Waals surface area contributed by atoms with Crippen LogP contribution < -0.4 is 10.5 Å². The minimum atomic E-state index is 0.540. The lowest BCUT2D eigenvalue weighted by molar-refractivity contribution is 0.114. The van der Waals surface area contributed by atoms with E-state index in [-0.39, 0.29) is 0 Å². The second-order valence-corrected chi connectivity index (χ2v) is 7.07. The molecule has 2 rings (SSSR count). The lowest BCUT2D eigenvalue weighted by Gasteiger charge is -2.38. The summed E-state index contributed by atoms with van der Waals surface area (Å²) in [5.74, 6) is 0.936. The van der Waals surface area contributed by atoms with Crippen LogP contribution in [0.4, 0.5) is 0 Å². The van der Waals surface area contributed by atoms with Gasteiger partial charge in [0.1, 0.15) is 12.4 Å². The van der Waals surface area contributed by atoms with Gasteiger partial charge in [-0.25, -0.2) is 0 Å². The van der Waals surface area contributed by atoms with Crippen molar-refractivity contribution in [3.63, 3.8) is 0 Å². The highest BCUT2D eigenvalue weighted by Gasteiger charge is 2.28. The quantitative estimate of drug-likeness (QED) is 0.872. The second-order valence-electron chi connectivity index (χ2n) is 7.07. The maximum absolute atomic E-state index is 5.83. The van der Waals surface area contributed by atoms with Crippen molar-refractivity contribution >= 4 is 0 Å². The Morgan fingerprint density at radius 3 is 2.38 bits per heavy atom. The highest BCUT2D eigenvalue weighted by atomic mass is 16.5. The molecule has 0 aliphatic heterocycles. The van der Waals surface area contributed by atoms with Crippen LogP contribution in [0.1, 0.15) is 45.1 Å². The molecule has 3 nitrogen and oxygen atoms in total. The number of hydrogen-bond donors (Lipinski definition) is 1. The van der Waals surface area contributed by atoms with Gasteiger partial charge in [-0.05, 0) is 55.8 Å². The topological polar surface area (TPSA) is 38.5 Å². The molecule has 0 bridgehead atoms. The number of likely N-dealkylation sites (N-methyl/N-ethyl adjacent to an activating group) is 1. The van der Waals surface area contributed by atoms with Gasteiger partial charge in [-0.3, -0.25) is 0 Å². The molecule has 2 N–H and O–H groups in total. The summed E-state index contributed by atoms with van der Waals surface area (Å²) in [7, 11) is 2.23. The predicted molar refractivity (Wildman–Crippen MR) is 88.5 cm³/mol. The molecule has 1 fully saturated rings. The van der Waals surface area contributed by atoms with Crippen LogP contribution in [0.15, 0.2) is 24.3 Å². The van der Waals surface area contributed by atoms with Crippen LogP contribution in [0.3, 0.4) is 0 Å². The zero-order valence-corrected chi connectivity index (χ0v) is 13.8. The molecule has 0 saturated heterocycles. The maximum Gasteiger partial charge on any atom is 0.119 e. The monoisotopic (exact) mass is 290 g/mol. The zero-order valence-electron chi connectivity index (χ0n) is 13.8. The van der Waals surface area contributed by atoms with Gasteiger partial charge >= 0.3 is 0 Å². The molecular weight excluding hydrogens is 260 g/mol. The molecule has 1 aromatic carbocycles. The molecule has 1 saturated carbocycles. The lowest BCUT2D eigenvalue weighted by Crippen LogP contribution is -2.39. The van der Waals surface area contributed by atoms with Crippen molar-refractivity contribution in [2.24, 2.45) is 11.1 Å². The predicted octanol–water partition coefficient (Wildman–Crippen LogP) is 3.42. The Morgan fingerprint density at radius 1 is 1.19 bits per heavy atom. The van der Waals surface area contributed by atoms with Crippen LogP contribution in [-0.2, 0) is 6.54 Å². The van der Waals surface area contributed by atoms with Crippen molar-refractivity contribution in [3.05, 3.63) is 29.8 Å². The van der Waals surface area contributed by atoms with Crippen LogP contribution in [-0.4, -0.2) is 31.1 Å². The smallest absolute Gasteiger partial charge is 0.119 e. The Hall–Kier alpha value is -1.06. The standard InChI is InChI=1S/C18H30N2O/c1-18(2)10-8-16(9-11-18)20(3)12-13-21-17-6-4-15(14-19)5-7-17/h4-7,16H,8-14,19H2,1-3H3. The number of benzene rings is 1. The molecule has 21 heavy (non-hydrogen) atoms. The largest absolute Gasteiger partial charge is 0.492 e. The molecule has 0 aromatic heterocycles. The SMILES string of the molecule is CN(CCOc1ccc(CN)cc1)C1CCC(C)(C)CC1. The Bertz CT molecular complexity index is 417. The average Bonchev–Trinajstić information content (AvgIpc) is 2.47. The Balaban J connectivity index is 1.70. The third-order valence-corrected chi connectivity index (χ3v) is 4.80. The fourth-order valence-corrected chi connectivity index (χ4v) is 3.04. The fraction of sp³-hybridized carbons (Fsp3) is 0.667. The first kappa shape index (κ1) is 16.3. The van der Waals surface area contributed by atoms with Gasteiger partial charge in [0.2, 0.25) is 0 Å². The van der Waals surface area contributed by atoms with Gasteiger partial charge in [-0.1, -0.05) is 26.0 Å². The maximum atomic E-state index is 5.83. The van der Waals surface area contributed by atoms with Gasteiger partial charge < -0.3 is 15.4 Å². The molecule has 0 heterocycles. The van der Waals surface area contributed by atoms with E-state index in [9.17, 15) is 0 Å². The van der Waals surface area contributed by atoms with Crippen molar-refractivity contribution in [1.29, 1.82) is 0 Å². The molecular formula is C18H30N2O. The molecule has 0 unspecified atom stereocenters. The number of rotatable bonds is 6. The molecule has 0 spiro atoms. The first-order valence-electron chi connectivity index (χ1n) is 8.12. The number of ether oxygens (including phenoxy) is 1. The zero-order chi connectivity index (χ0) is 15.3. The Morgan fingerprint density at radius 2 is 1.81 bits per heavy atom. The van der Waals surface area contributed by atoms with Crippen molar-refractivity contribution in [3.8, 4) is 5.75 Å². The van der Waals surface area contributed by atoms with E-state index in [1.807, 2.05) is 24.3 Å². The van der Waals surface area contributed by atoms with Crippen LogP contribution in [0.5, 0.6) is 5.75 Å². The highest BCUT2D eigenvalue weighted by molar-refractivity contribution is 5.27. The first-order valence-corrected chi connectivity index (χ1v) is 8.12. The molecule has 3 heteroatoms. The number of nitrogens with zero attached hydrogens (tertiary/aromatic N) is 1. The summed E-state index contributed by atoms with van der Waals surface area (Å²) < 4.78 is 5.83. The van der Waals surface area contributed by atoms with Crippen molar-refractivity contribution in [2.45, 2.75) is 52.1 Å². The van der Waals surface area contributed by atoms with Crippen molar-refractivity contribution in [1.82, 2.24) is 4.90 Å². The highest BCUT2D eigenvalue weighted by Crippen LogP contribution is 2.36. The van der Waals surface area contributed by atoms with E-state index in [1.54, 1.807) is 0 Å². The minimum Gasteiger partial charge on any atom is -0.492 e. The van der Waals surface area contributed by atoms with Crippen LogP contribution in [0.2, 0.25) is 0 Å². The van der Waals surface area contributed by atoms with E-state index in [1.165, 1.54) is 25.7 Å². The summed E-state index contributed by atoms with van der Waals surface area (Å²) in [5.41, 5.74) is 7.28. The summed E-state index contributed by atoms with van der Waals surface area (Å²) in [6.45, 7) is 7.10. The van der Waals surface area contributed by atoms with Gasteiger partial charge in [-0.2, -0.15) is 0 Å². The molecule has 1 aliphatic rings. The van der Waals surface area contributed by atoms with Crippen LogP contribution in [0, 0.1) is 5.41 Å². The van der Waals surface area contributed by atoms with E-state index in [2.05, 4.69) is 25.8 Å². The first-order chi connectivity index (χ1) is 10.00. The van der Waals surface area contributed by atoms with Crippen LogP contribution in [0.25, 0.3) is 0 Å². The van der Waals surface area contributed by atoms with E-state index < -0.39 is 0 Å². The number of nitrogens with two attached hydrogens (primary N) is 1. The van der Waals surface area contributed by atoms with E-state index in [0.29, 0.717) is 12.0 Å². The third kappa shape index (κ3) is 5.01. The summed E-state index contributed by atoms with van der Waals surface area (Å²) >= 11 is 0. The molecule has 1 aliphatic carbocycles. The molecule has 0 amide bonds. The molecule has 1 aromatic rings. The van der Waals surface area contributed by atoms with E-state index >= 15 is 0 Å². The lowest BCUT2D eigenvalue weighted by atomic mass is 9.75. The average molecular weight is 290 g/mol. The van der Waals surface area contributed by atoms with Gasteiger partial charge in [0.25, 0.3) is 0 Å². The molecule has 118 valence electrons. The summed E-state index contributed by atoms with van der Waals surface area (Å²) in [6.07, 6.45) is 5.30. The molecule has 0 atom stereocenters.